The number of quaternary nitrogens is 1. The summed E-state index contributed by atoms with van der Waals surface area (Å²) in [6.45, 7) is 3.65. The van der Waals surface area contributed by atoms with Gasteiger partial charge in [0.05, 0.1) is 45.4 Å². The second kappa shape index (κ2) is 17.0. The van der Waals surface area contributed by atoms with Crippen molar-refractivity contribution in [2.75, 3.05) is 26.2 Å². The van der Waals surface area contributed by atoms with Crippen molar-refractivity contribution in [1.29, 1.82) is 0 Å². The van der Waals surface area contributed by atoms with E-state index in [1.54, 1.807) is 0 Å². The summed E-state index contributed by atoms with van der Waals surface area (Å²) < 4.78 is 0.255. The molecule has 7 heteroatoms. The molecule has 0 saturated carbocycles. The maximum Gasteiger partial charge on any atom is 0.309 e. The molecule has 7 nitrogen and oxygen atoms in total. The van der Waals surface area contributed by atoms with E-state index >= 15 is 0 Å². The van der Waals surface area contributed by atoms with Gasteiger partial charge in [0.1, 0.15) is 0 Å². The van der Waals surface area contributed by atoms with Crippen molar-refractivity contribution in [3.8, 4) is 0 Å². The number of allylic oxidation sites excluding steroid dienone is 2. The first-order valence-corrected chi connectivity index (χ1v) is 11.0. The molecule has 0 aromatic carbocycles. The molecule has 0 saturated heterocycles. The maximum atomic E-state index is 11.0. The fourth-order valence-corrected chi connectivity index (χ4v) is 3.47. The molecule has 0 aliphatic heterocycles. The van der Waals surface area contributed by atoms with E-state index in [0.717, 1.165) is 44.9 Å². The molecular formula is C22H40NO6+. The number of carboxylic acid groups (broad SMARTS) is 3. The average Bonchev–Trinajstić information content (AvgIpc) is 2.66. The van der Waals surface area contributed by atoms with Gasteiger partial charge < -0.3 is 19.8 Å². The van der Waals surface area contributed by atoms with Crippen LogP contribution in [0, 0.1) is 0 Å². The van der Waals surface area contributed by atoms with E-state index in [2.05, 4.69) is 19.1 Å². The van der Waals surface area contributed by atoms with Gasteiger partial charge in [-0.15, -0.1) is 0 Å². The number of carboxylic acids is 3. The van der Waals surface area contributed by atoms with Gasteiger partial charge in [-0.3, -0.25) is 14.4 Å². The minimum atomic E-state index is -0.940. The van der Waals surface area contributed by atoms with Gasteiger partial charge in [0.2, 0.25) is 0 Å². The van der Waals surface area contributed by atoms with Crippen molar-refractivity contribution in [3.05, 3.63) is 12.2 Å². The number of nitrogens with zero attached hydrogens (tertiary/aromatic N) is 1. The van der Waals surface area contributed by atoms with Crippen molar-refractivity contribution in [2.24, 2.45) is 0 Å². The predicted molar refractivity (Wildman–Crippen MR) is 113 cm³/mol. The normalized spacial score (nSPS) is 11.8. The topological polar surface area (TPSA) is 112 Å². The molecule has 0 heterocycles. The highest BCUT2D eigenvalue weighted by Crippen LogP contribution is 2.16. The lowest BCUT2D eigenvalue weighted by Crippen LogP contribution is -2.52. The third-order valence-electron chi connectivity index (χ3n) is 5.29. The largest absolute Gasteiger partial charge is 0.481 e. The summed E-state index contributed by atoms with van der Waals surface area (Å²) >= 11 is 0. The van der Waals surface area contributed by atoms with Crippen LogP contribution < -0.4 is 0 Å². The Morgan fingerprint density at radius 2 is 1.03 bits per heavy atom. The molecule has 3 N–H and O–H groups in total. The zero-order valence-corrected chi connectivity index (χ0v) is 18.0. The number of aliphatic carboxylic acids is 3. The maximum absolute atomic E-state index is 11.0. The molecule has 0 spiro atoms. The first-order chi connectivity index (χ1) is 13.8. The van der Waals surface area contributed by atoms with Crippen LogP contribution in [0.25, 0.3) is 0 Å². The molecule has 0 fully saturated rings. The Balaban J connectivity index is 4.44. The molecule has 29 heavy (non-hydrogen) atoms. The summed E-state index contributed by atoms with van der Waals surface area (Å²) in [5.74, 6) is -2.82. The Labute approximate surface area is 175 Å². The van der Waals surface area contributed by atoms with Gasteiger partial charge in [-0.2, -0.15) is 0 Å². The van der Waals surface area contributed by atoms with Gasteiger partial charge in [-0.1, -0.05) is 44.8 Å². The molecule has 0 aliphatic rings. The van der Waals surface area contributed by atoms with Crippen LogP contribution in [0.2, 0.25) is 0 Å². The summed E-state index contributed by atoms with van der Waals surface area (Å²) in [5, 5.41) is 27.1. The second-order valence-corrected chi connectivity index (χ2v) is 7.84. The second-order valence-electron chi connectivity index (χ2n) is 7.84. The van der Waals surface area contributed by atoms with Gasteiger partial charge in [0.25, 0.3) is 0 Å². The van der Waals surface area contributed by atoms with E-state index in [4.69, 9.17) is 15.3 Å². The van der Waals surface area contributed by atoms with Crippen LogP contribution in [-0.4, -0.2) is 63.9 Å². The van der Waals surface area contributed by atoms with E-state index in [9.17, 15) is 14.4 Å². The van der Waals surface area contributed by atoms with Crippen LogP contribution in [0.3, 0.4) is 0 Å². The third-order valence-corrected chi connectivity index (χ3v) is 5.29. The highest BCUT2D eigenvalue weighted by molar-refractivity contribution is 5.67. The summed E-state index contributed by atoms with van der Waals surface area (Å²) in [6.07, 6.45) is 14.2. The average molecular weight is 415 g/mol. The molecule has 0 aromatic heterocycles. The Bertz CT molecular complexity index is 458. The SMILES string of the molecule is CCCC/C=C/CCCCCCC[N+](CCC(=O)O)(CCC(=O)O)CCC(=O)O. The molecule has 0 amide bonds. The van der Waals surface area contributed by atoms with Crippen molar-refractivity contribution in [1.82, 2.24) is 0 Å². The van der Waals surface area contributed by atoms with Crippen LogP contribution >= 0.6 is 0 Å². The van der Waals surface area contributed by atoms with Gasteiger partial charge in [-0.05, 0) is 32.1 Å². The quantitative estimate of drug-likeness (QED) is 0.155. The lowest BCUT2D eigenvalue weighted by molar-refractivity contribution is -0.927. The van der Waals surface area contributed by atoms with Gasteiger partial charge in [0, 0.05) is 0 Å². The zero-order chi connectivity index (χ0) is 22.0. The molecule has 168 valence electrons. The van der Waals surface area contributed by atoms with Crippen molar-refractivity contribution in [3.63, 3.8) is 0 Å². The number of hydrogen-bond donors (Lipinski definition) is 3. The summed E-state index contributed by atoms with van der Waals surface area (Å²) in [5.41, 5.74) is 0. The molecule has 0 atom stereocenters. The van der Waals surface area contributed by atoms with Crippen molar-refractivity contribution < 1.29 is 34.2 Å². The van der Waals surface area contributed by atoms with Crippen LogP contribution in [0.1, 0.15) is 84.0 Å². The number of carbonyl (C=O) groups is 3. The minimum absolute atomic E-state index is 0.0798. The molecule has 0 bridgehead atoms. The zero-order valence-electron chi connectivity index (χ0n) is 18.0. The minimum Gasteiger partial charge on any atom is -0.481 e. The van der Waals surface area contributed by atoms with Gasteiger partial charge in [-0.25, -0.2) is 0 Å². The van der Waals surface area contributed by atoms with E-state index in [-0.39, 0.29) is 43.4 Å². The Kier molecular flexibility index (Phi) is 15.9. The van der Waals surface area contributed by atoms with Crippen LogP contribution in [0.5, 0.6) is 0 Å². The number of unbranched alkanes of at least 4 members (excludes halogenated alkanes) is 7. The van der Waals surface area contributed by atoms with E-state index in [1.165, 1.54) is 12.8 Å². The fraction of sp³-hybridized carbons (Fsp3) is 0.773. The number of hydrogen-bond acceptors (Lipinski definition) is 3. The van der Waals surface area contributed by atoms with Crippen LogP contribution in [0.15, 0.2) is 12.2 Å². The van der Waals surface area contributed by atoms with Crippen molar-refractivity contribution in [2.45, 2.75) is 84.0 Å². The summed E-state index contributed by atoms with van der Waals surface area (Å²) in [4.78, 5) is 33.1. The van der Waals surface area contributed by atoms with Crippen molar-refractivity contribution >= 4 is 17.9 Å². The molecule has 0 radical (unpaired) electrons. The predicted octanol–water partition coefficient (Wildman–Crippen LogP) is 4.31. The van der Waals surface area contributed by atoms with Crippen LogP contribution in [0.4, 0.5) is 0 Å². The van der Waals surface area contributed by atoms with E-state index < -0.39 is 17.9 Å². The molecule has 0 aliphatic carbocycles. The standard InChI is InChI=1S/C22H39NO6/c1-2-3-4-5-6-7-8-9-10-11-12-16-23(17-13-20(24)25,18-14-21(26)27)19-15-22(28)29/h5-6H,2-4,7-19H2,1H3,(H2-,24,25,26,27,28,29)/p+1/b6-5+. The van der Waals surface area contributed by atoms with Gasteiger partial charge >= 0.3 is 17.9 Å². The fourth-order valence-electron chi connectivity index (χ4n) is 3.47. The molecule has 0 unspecified atom stereocenters. The van der Waals surface area contributed by atoms with Gasteiger partial charge in [0.15, 0.2) is 0 Å². The number of rotatable bonds is 20. The Morgan fingerprint density at radius 3 is 1.48 bits per heavy atom. The highest BCUT2D eigenvalue weighted by Gasteiger charge is 2.29. The third kappa shape index (κ3) is 16.7. The molecule has 0 rings (SSSR count). The lowest BCUT2D eigenvalue weighted by atomic mass is 10.1. The van der Waals surface area contributed by atoms with Crippen LogP contribution in [-0.2, 0) is 14.4 Å². The highest BCUT2D eigenvalue weighted by atomic mass is 16.4. The first-order valence-electron chi connectivity index (χ1n) is 11.0. The van der Waals surface area contributed by atoms with E-state index in [1.807, 2.05) is 0 Å². The first kappa shape index (κ1) is 27.1. The monoisotopic (exact) mass is 414 g/mol. The summed E-state index contributed by atoms with van der Waals surface area (Å²) in [7, 11) is 0. The Hall–Kier alpha value is -1.89. The van der Waals surface area contributed by atoms with E-state index in [0.29, 0.717) is 6.54 Å². The smallest absolute Gasteiger partial charge is 0.309 e. The Morgan fingerprint density at radius 1 is 0.621 bits per heavy atom. The molecular weight excluding hydrogens is 374 g/mol. The molecule has 0 aromatic rings. The lowest BCUT2D eigenvalue weighted by Gasteiger charge is -2.38. The summed E-state index contributed by atoms with van der Waals surface area (Å²) in [6, 6.07) is 0.